The van der Waals surface area contributed by atoms with Gasteiger partial charge in [-0.05, 0) is 19.1 Å². The van der Waals surface area contributed by atoms with E-state index < -0.39 is 10.8 Å². The van der Waals surface area contributed by atoms with Gasteiger partial charge in [0, 0.05) is 22.8 Å². The summed E-state index contributed by atoms with van der Waals surface area (Å²) in [6.07, 6.45) is 1.34. The summed E-state index contributed by atoms with van der Waals surface area (Å²) in [5.74, 6) is -0.567. The summed E-state index contributed by atoms with van der Waals surface area (Å²) in [5.41, 5.74) is 3.31. The van der Waals surface area contributed by atoms with Gasteiger partial charge in [-0.1, -0.05) is 41.4 Å². The average molecular weight is 352 g/mol. The van der Waals surface area contributed by atoms with Gasteiger partial charge in [-0.25, -0.2) is 5.43 Å². The first kappa shape index (κ1) is 16.9. The number of nitrogens with one attached hydrogen (secondary N) is 1. The van der Waals surface area contributed by atoms with E-state index in [0.717, 1.165) is 0 Å². The Hall–Kier alpha value is -2.44. The lowest BCUT2D eigenvalue weighted by molar-refractivity contribution is -0.385. The maximum absolute atomic E-state index is 12.0. The molecule has 2 aromatic rings. The van der Waals surface area contributed by atoms with E-state index in [2.05, 4.69) is 10.5 Å². The number of benzene rings is 2. The molecule has 0 heterocycles. The molecular formula is C15H11Cl2N3O3. The lowest BCUT2D eigenvalue weighted by Gasteiger charge is -2.03. The van der Waals surface area contributed by atoms with Crippen LogP contribution in [0, 0.1) is 17.0 Å². The van der Waals surface area contributed by atoms with Gasteiger partial charge in [-0.15, -0.1) is 0 Å². The molecule has 0 aromatic heterocycles. The van der Waals surface area contributed by atoms with Gasteiger partial charge >= 0.3 is 0 Å². The third kappa shape index (κ3) is 4.06. The van der Waals surface area contributed by atoms with Crippen LogP contribution in [0.3, 0.4) is 0 Å². The second kappa shape index (κ2) is 7.21. The van der Waals surface area contributed by atoms with Crippen LogP contribution in [0.15, 0.2) is 41.5 Å². The van der Waals surface area contributed by atoms with Crippen molar-refractivity contribution in [3.05, 3.63) is 73.2 Å². The van der Waals surface area contributed by atoms with Crippen LogP contribution >= 0.6 is 23.2 Å². The molecule has 0 saturated carbocycles. The molecule has 0 atom stereocenters. The van der Waals surface area contributed by atoms with Crippen molar-refractivity contribution in [3.8, 4) is 0 Å². The van der Waals surface area contributed by atoms with Crippen LogP contribution in [0.2, 0.25) is 10.0 Å². The van der Waals surface area contributed by atoms with Gasteiger partial charge in [0.25, 0.3) is 11.6 Å². The molecule has 23 heavy (non-hydrogen) atoms. The molecule has 8 heteroatoms. The Kier molecular flexibility index (Phi) is 5.31. The lowest BCUT2D eigenvalue weighted by atomic mass is 10.1. The van der Waals surface area contributed by atoms with E-state index in [4.69, 9.17) is 23.2 Å². The molecule has 0 saturated heterocycles. The highest BCUT2D eigenvalue weighted by molar-refractivity contribution is 6.43. The number of hydrogen-bond acceptors (Lipinski definition) is 4. The minimum Gasteiger partial charge on any atom is -0.267 e. The van der Waals surface area contributed by atoms with Crippen LogP contribution in [0.1, 0.15) is 21.5 Å². The van der Waals surface area contributed by atoms with Crippen LogP contribution in [0.4, 0.5) is 5.69 Å². The van der Waals surface area contributed by atoms with E-state index in [-0.39, 0.29) is 11.3 Å². The van der Waals surface area contributed by atoms with E-state index in [0.29, 0.717) is 21.2 Å². The predicted molar refractivity (Wildman–Crippen MR) is 89.4 cm³/mol. The third-order valence-electron chi connectivity index (χ3n) is 3.02. The van der Waals surface area contributed by atoms with Crippen LogP contribution in [0.5, 0.6) is 0 Å². The van der Waals surface area contributed by atoms with Crippen LogP contribution in [-0.4, -0.2) is 17.0 Å². The SMILES string of the molecule is Cc1ccc(C(=O)N/N=C/c2cccc(Cl)c2Cl)cc1[N+](=O)[O-]. The smallest absolute Gasteiger partial charge is 0.267 e. The van der Waals surface area contributed by atoms with Gasteiger partial charge in [-0.3, -0.25) is 14.9 Å². The van der Waals surface area contributed by atoms with E-state index in [1.54, 1.807) is 25.1 Å². The fraction of sp³-hybridized carbons (Fsp3) is 0.0667. The number of carbonyl (C=O) groups is 1. The van der Waals surface area contributed by atoms with Gasteiger partial charge < -0.3 is 0 Å². The topological polar surface area (TPSA) is 84.6 Å². The molecule has 0 spiro atoms. The molecule has 0 aliphatic heterocycles. The minimum absolute atomic E-state index is 0.125. The van der Waals surface area contributed by atoms with Gasteiger partial charge in [-0.2, -0.15) is 5.10 Å². The van der Waals surface area contributed by atoms with Crippen LogP contribution < -0.4 is 5.43 Å². The van der Waals surface area contributed by atoms with Gasteiger partial charge in [0.15, 0.2) is 0 Å². The summed E-state index contributed by atoms with van der Waals surface area (Å²) in [6, 6.07) is 9.20. The number of nitro groups is 1. The van der Waals surface area contributed by atoms with Crippen LogP contribution in [0.25, 0.3) is 0 Å². The summed E-state index contributed by atoms with van der Waals surface area (Å²) in [5, 5.41) is 15.4. The van der Waals surface area contributed by atoms with Crippen molar-refractivity contribution in [2.75, 3.05) is 0 Å². The molecule has 0 radical (unpaired) electrons. The maximum Gasteiger partial charge on any atom is 0.273 e. The summed E-state index contributed by atoms with van der Waals surface area (Å²) in [7, 11) is 0. The molecule has 1 amide bonds. The molecule has 0 aliphatic carbocycles. The fourth-order valence-electron chi connectivity index (χ4n) is 1.79. The Morgan fingerprint density at radius 1 is 1.30 bits per heavy atom. The average Bonchev–Trinajstić information content (AvgIpc) is 2.51. The zero-order valence-corrected chi connectivity index (χ0v) is 13.4. The second-order valence-electron chi connectivity index (χ2n) is 4.60. The molecule has 1 N–H and O–H groups in total. The minimum atomic E-state index is -0.567. The second-order valence-corrected chi connectivity index (χ2v) is 5.39. The number of hydrogen-bond donors (Lipinski definition) is 1. The fourth-order valence-corrected chi connectivity index (χ4v) is 2.15. The summed E-state index contributed by atoms with van der Waals surface area (Å²) in [6.45, 7) is 1.60. The Bertz CT molecular complexity index is 807. The monoisotopic (exact) mass is 351 g/mol. The molecular weight excluding hydrogens is 341 g/mol. The quantitative estimate of drug-likeness (QED) is 0.513. The standard InChI is InChI=1S/C15H11Cl2N3O3/c1-9-5-6-10(7-13(9)20(22)23)15(21)19-18-8-11-3-2-4-12(16)14(11)17/h2-8H,1H3,(H,19,21)/b18-8+. The van der Waals surface area contributed by atoms with Crippen molar-refractivity contribution in [3.63, 3.8) is 0 Å². The largest absolute Gasteiger partial charge is 0.273 e. The Morgan fingerprint density at radius 3 is 2.74 bits per heavy atom. The molecule has 2 rings (SSSR count). The number of nitrogens with zero attached hydrogens (tertiary/aromatic N) is 2. The van der Waals surface area contributed by atoms with Crippen LogP contribution in [-0.2, 0) is 0 Å². The molecule has 0 unspecified atom stereocenters. The zero-order chi connectivity index (χ0) is 17.0. The highest BCUT2D eigenvalue weighted by Crippen LogP contribution is 2.24. The van der Waals surface area contributed by atoms with E-state index >= 15 is 0 Å². The normalized spacial score (nSPS) is 10.7. The van der Waals surface area contributed by atoms with Crippen molar-refractivity contribution >= 4 is 41.0 Å². The van der Waals surface area contributed by atoms with E-state index in [1.165, 1.54) is 24.4 Å². The Labute approximate surface area is 141 Å². The van der Waals surface area contributed by atoms with Crippen molar-refractivity contribution in [2.24, 2.45) is 5.10 Å². The first-order valence-corrected chi connectivity index (χ1v) is 7.18. The molecule has 118 valence electrons. The third-order valence-corrected chi connectivity index (χ3v) is 3.85. The Balaban J connectivity index is 2.14. The zero-order valence-electron chi connectivity index (χ0n) is 11.9. The first-order chi connectivity index (χ1) is 10.9. The highest BCUT2D eigenvalue weighted by Gasteiger charge is 2.14. The predicted octanol–water partition coefficient (Wildman–Crippen LogP) is 3.97. The van der Waals surface area contributed by atoms with Gasteiger partial charge in [0.05, 0.1) is 21.2 Å². The number of rotatable bonds is 4. The molecule has 6 nitrogen and oxygen atoms in total. The number of amides is 1. The van der Waals surface area contributed by atoms with Crippen molar-refractivity contribution in [1.29, 1.82) is 0 Å². The summed E-state index contributed by atoms with van der Waals surface area (Å²) >= 11 is 11.9. The van der Waals surface area contributed by atoms with Crippen molar-refractivity contribution < 1.29 is 9.72 Å². The Morgan fingerprint density at radius 2 is 2.04 bits per heavy atom. The number of nitro benzene ring substituents is 1. The van der Waals surface area contributed by atoms with E-state index in [9.17, 15) is 14.9 Å². The summed E-state index contributed by atoms with van der Waals surface area (Å²) < 4.78 is 0. The van der Waals surface area contributed by atoms with Gasteiger partial charge in [0.1, 0.15) is 0 Å². The van der Waals surface area contributed by atoms with Crippen molar-refractivity contribution in [2.45, 2.75) is 6.92 Å². The molecule has 0 bridgehead atoms. The van der Waals surface area contributed by atoms with Gasteiger partial charge in [0.2, 0.25) is 0 Å². The van der Waals surface area contributed by atoms with Crippen molar-refractivity contribution in [1.82, 2.24) is 5.43 Å². The molecule has 2 aromatic carbocycles. The first-order valence-electron chi connectivity index (χ1n) is 6.42. The van der Waals surface area contributed by atoms with E-state index in [1.807, 2.05) is 0 Å². The maximum atomic E-state index is 12.0. The highest BCUT2D eigenvalue weighted by atomic mass is 35.5. The molecule has 0 aliphatic rings. The number of halogens is 2. The lowest BCUT2D eigenvalue weighted by Crippen LogP contribution is -2.17. The molecule has 0 fully saturated rings. The number of aryl methyl sites for hydroxylation is 1. The number of hydrazone groups is 1. The number of carbonyl (C=O) groups excluding carboxylic acids is 1. The summed E-state index contributed by atoms with van der Waals surface area (Å²) in [4.78, 5) is 22.3.